The van der Waals surface area contributed by atoms with Gasteiger partial charge < -0.3 is 4.74 Å². The van der Waals surface area contributed by atoms with E-state index in [1.807, 2.05) is 27.7 Å². The van der Waals surface area contributed by atoms with Crippen molar-refractivity contribution in [3.63, 3.8) is 0 Å². The van der Waals surface area contributed by atoms with Crippen molar-refractivity contribution >= 4 is 22.8 Å². The van der Waals surface area contributed by atoms with Crippen molar-refractivity contribution < 1.29 is 9.53 Å². The van der Waals surface area contributed by atoms with Crippen LogP contribution in [-0.2, 0) is 16.0 Å². The van der Waals surface area contributed by atoms with E-state index < -0.39 is 5.60 Å². The monoisotopic (exact) mass is 308 g/mol. The van der Waals surface area contributed by atoms with Gasteiger partial charge in [-0.25, -0.2) is 0 Å². The van der Waals surface area contributed by atoms with Gasteiger partial charge in [-0.15, -0.1) is 0 Å². The van der Waals surface area contributed by atoms with Crippen molar-refractivity contribution in [2.75, 3.05) is 0 Å². The molecular weight excluding hydrogens is 284 g/mol. The molecule has 0 aliphatic heterocycles. The van der Waals surface area contributed by atoms with Crippen LogP contribution >= 0.6 is 0 Å². The lowest BCUT2D eigenvalue weighted by molar-refractivity contribution is -0.157. The molecule has 2 aromatic carbocycles. The van der Waals surface area contributed by atoms with Gasteiger partial charge in [0.2, 0.25) is 0 Å². The number of rotatable bonds is 4. The zero-order chi connectivity index (χ0) is 16.6. The van der Waals surface area contributed by atoms with Crippen LogP contribution in [0.4, 0.5) is 0 Å². The first-order chi connectivity index (χ1) is 10.9. The summed E-state index contributed by atoms with van der Waals surface area (Å²) >= 11 is 0. The van der Waals surface area contributed by atoms with Crippen LogP contribution in [0.5, 0.6) is 0 Å². The van der Waals surface area contributed by atoms with E-state index in [0.29, 0.717) is 0 Å². The summed E-state index contributed by atoms with van der Waals surface area (Å²) in [5, 5.41) is 2.59. The van der Waals surface area contributed by atoms with Gasteiger partial charge in [-0.05, 0) is 54.2 Å². The molecule has 1 aliphatic carbocycles. The fourth-order valence-corrected chi connectivity index (χ4v) is 3.13. The third kappa shape index (κ3) is 2.90. The predicted octanol–water partition coefficient (Wildman–Crippen LogP) is 5.15. The lowest BCUT2D eigenvalue weighted by Crippen LogP contribution is -2.34. The molecule has 0 heterocycles. The van der Waals surface area contributed by atoms with E-state index in [1.165, 1.54) is 21.9 Å². The lowest BCUT2D eigenvalue weighted by atomic mass is 9.82. The van der Waals surface area contributed by atoms with E-state index in [1.54, 1.807) is 0 Å². The van der Waals surface area contributed by atoms with Gasteiger partial charge >= 0.3 is 5.97 Å². The van der Waals surface area contributed by atoms with E-state index in [4.69, 9.17) is 4.74 Å². The maximum Gasteiger partial charge on any atom is 0.309 e. The molecule has 2 heteroatoms. The summed E-state index contributed by atoms with van der Waals surface area (Å²) in [5.41, 5.74) is 3.09. The zero-order valence-corrected chi connectivity index (χ0v) is 14.3. The van der Waals surface area contributed by atoms with Gasteiger partial charge in [0.25, 0.3) is 0 Å². The van der Waals surface area contributed by atoms with E-state index in [9.17, 15) is 4.79 Å². The molecule has 0 amide bonds. The summed E-state index contributed by atoms with van der Waals surface area (Å²) in [7, 11) is 0. The molecule has 23 heavy (non-hydrogen) atoms. The topological polar surface area (TPSA) is 26.3 Å². The molecule has 0 aromatic heterocycles. The maximum atomic E-state index is 12.2. The predicted molar refractivity (Wildman–Crippen MR) is 95.3 cm³/mol. The van der Waals surface area contributed by atoms with Crippen molar-refractivity contribution in [3.8, 4) is 0 Å². The minimum absolute atomic E-state index is 0.0609. The molecule has 1 aliphatic rings. The number of ether oxygens (including phenoxy) is 1. The minimum atomic E-state index is -0.587. The molecule has 0 N–H and O–H groups in total. The highest BCUT2D eigenvalue weighted by Gasteiger charge is 2.31. The zero-order valence-electron chi connectivity index (χ0n) is 14.3. The fourth-order valence-electron chi connectivity index (χ4n) is 3.13. The van der Waals surface area contributed by atoms with E-state index in [0.717, 1.165) is 18.4 Å². The maximum absolute atomic E-state index is 12.2. The van der Waals surface area contributed by atoms with Gasteiger partial charge in [0.1, 0.15) is 5.60 Å². The molecule has 1 atom stereocenters. The molecule has 120 valence electrons. The SMILES string of the molecule is CCC(C)C(=O)OC(C)(C)C1=Cc2cccc3cccc(c23)C1. The Morgan fingerprint density at radius 3 is 2.61 bits per heavy atom. The van der Waals surface area contributed by atoms with Crippen molar-refractivity contribution in [1.29, 1.82) is 0 Å². The summed E-state index contributed by atoms with van der Waals surface area (Å²) in [6, 6.07) is 12.8. The van der Waals surface area contributed by atoms with Crippen molar-refractivity contribution in [1.82, 2.24) is 0 Å². The van der Waals surface area contributed by atoms with Crippen LogP contribution in [0.2, 0.25) is 0 Å². The first-order valence-electron chi connectivity index (χ1n) is 8.37. The quantitative estimate of drug-likeness (QED) is 0.730. The fraction of sp³-hybridized carbons (Fsp3) is 0.381. The third-order valence-electron chi connectivity index (χ3n) is 4.88. The first kappa shape index (κ1) is 15.8. The summed E-state index contributed by atoms with van der Waals surface area (Å²) in [5.74, 6) is -0.176. The number of hydrogen-bond donors (Lipinski definition) is 0. The normalized spacial score (nSPS) is 15.2. The average Bonchev–Trinajstić information content (AvgIpc) is 2.54. The number of carbonyl (C=O) groups is 1. The van der Waals surface area contributed by atoms with Crippen molar-refractivity contribution in [3.05, 3.63) is 53.1 Å². The van der Waals surface area contributed by atoms with E-state index in [-0.39, 0.29) is 11.9 Å². The number of esters is 1. The number of carbonyl (C=O) groups excluding carboxylic acids is 1. The summed E-state index contributed by atoms with van der Waals surface area (Å²) < 4.78 is 5.83. The highest BCUT2D eigenvalue weighted by molar-refractivity contribution is 5.95. The van der Waals surface area contributed by atoms with Gasteiger partial charge in [-0.2, -0.15) is 0 Å². The Labute approximate surface area is 138 Å². The number of benzene rings is 2. The summed E-state index contributed by atoms with van der Waals surface area (Å²) in [4.78, 5) is 12.2. The largest absolute Gasteiger partial charge is 0.455 e. The Balaban J connectivity index is 1.97. The van der Waals surface area contributed by atoms with Crippen LogP contribution in [0, 0.1) is 5.92 Å². The Morgan fingerprint density at radius 2 is 1.91 bits per heavy atom. The molecule has 2 nitrogen and oxygen atoms in total. The second-order valence-corrected chi connectivity index (χ2v) is 6.95. The van der Waals surface area contributed by atoms with Crippen molar-refractivity contribution in [2.24, 2.45) is 5.92 Å². The van der Waals surface area contributed by atoms with Gasteiger partial charge in [0.05, 0.1) is 5.92 Å². The van der Waals surface area contributed by atoms with Crippen LogP contribution < -0.4 is 0 Å². The molecule has 0 fully saturated rings. The van der Waals surface area contributed by atoms with Crippen LogP contribution in [0.25, 0.3) is 16.8 Å². The Kier molecular flexibility index (Phi) is 4.01. The van der Waals surface area contributed by atoms with Gasteiger partial charge in [-0.3, -0.25) is 4.79 Å². The van der Waals surface area contributed by atoms with Gasteiger partial charge in [-0.1, -0.05) is 56.3 Å². The molecule has 1 unspecified atom stereocenters. The molecule has 0 spiro atoms. The minimum Gasteiger partial charge on any atom is -0.455 e. The second-order valence-electron chi connectivity index (χ2n) is 6.95. The first-order valence-corrected chi connectivity index (χ1v) is 8.37. The van der Waals surface area contributed by atoms with Crippen LogP contribution in [0.3, 0.4) is 0 Å². The Bertz CT molecular complexity index is 778. The van der Waals surface area contributed by atoms with E-state index in [2.05, 4.69) is 42.5 Å². The van der Waals surface area contributed by atoms with Crippen LogP contribution in [0.15, 0.2) is 42.0 Å². The standard InChI is InChI=1S/C21H24O2/c1-5-14(2)20(22)23-21(3,4)18-12-16-10-6-8-15-9-7-11-17(13-18)19(15)16/h6-12,14H,5,13H2,1-4H3. The highest BCUT2D eigenvalue weighted by Crippen LogP contribution is 2.36. The average molecular weight is 308 g/mol. The van der Waals surface area contributed by atoms with Crippen LogP contribution in [-0.4, -0.2) is 11.6 Å². The highest BCUT2D eigenvalue weighted by atomic mass is 16.6. The molecular formula is C21H24O2. The molecule has 0 saturated heterocycles. The van der Waals surface area contributed by atoms with Gasteiger partial charge in [0.15, 0.2) is 0 Å². The summed E-state index contributed by atoms with van der Waals surface area (Å²) in [6.45, 7) is 7.92. The van der Waals surface area contributed by atoms with E-state index >= 15 is 0 Å². The molecule has 2 aromatic rings. The smallest absolute Gasteiger partial charge is 0.309 e. The van der Waals surface area contributed by atoms with Crippen LogP contribution in [0.1, 0.15) is 45.2 Å². The second kappa shape index (κ2) is 5.84. The molecule has 3 rings (SSSR count). The molecule has 0 radical (unpaired) electrons. The third-order valence-corrected chi connectivity index (χ3v) is 4.88. The number of hydrogen-bond acceptors (Lipinski definition) is 2. The molecule has 0 bridgehead atoms. The Morgan fingerprint density at radius 1 is 1.22 bits per heavy atom. The summed E-state index contributed by atoms with van der Waals surface area (Å²) in [6.07, 6.45) is 3.82. The van der Waals surface area contributed by atoms with Crippen molar-refractivity contribution in [2.45, 2.75) is 46.1 Å². The molecule has 0 saturated carbocycles. The lowest BCUT2D eigenvalue weighted by Gasteiger charge is -2.32. The van der Waals surface area contributed by atoms with Gasteiger partial charge in [0, 0.05) is 0 Å². The Hall–Kier alpha value is -2.09.